The van der Waals surface area contributed by atoms with Gasteiger partial charge in [-0.05, 0) is 0 Å². The van der Waals surface area contributed by atoms with Crippen LogP contribution in [0.4, 0.5) is 0 Å². The van der Waals surface area contributed by atoms with E-state index in [4.69, 9.17) is 0 Å². The summed E-state index contributed by atoms with van der Waals surface area (Å²) in [7, 11) is 0. The van der Waals surface area contributed by atoms with Gasteiger partial charge in [0.15, 0.2) is 29.5 Å². The van der Waals surface area contributed by atoms with E-state index in [1.807, 2.05) is 0 Å². The number of ether oxygens (including phenoxy) is 2. The second-order valence-electron chi connectivity index (χ2n) is 6.91. The minimum Gasteiger partial charge on any atom is -0.441 e. The van der Waals surface area contributed by atoms with E-state index in [2.05, 4.69) is 9.47 Å². The zero-order valence-corrected chi connectivity index (χ0v) is 18.5. The first-order valence-corrected chi connectivity index (χ1v) is 9.23. The molecule has 0 bridgehead atoms. The molecule has 0 spiro atoms. The van der Waals surface area contributed by atoms with Crippen LogP contribution in [0.5, 0.6) is 0 Å². The van der Waals surface area contributed by atoms with Gasteiger partial charge in [-0.25, -0.2) is 0 Å². The van der Waals surface area contributed by atoms with E-state index in [9.17, 15) is 90.5 Å². The van der Waals surface area contributed by atoms with Gasteiger partial charge in [0.25, 0.3) is 0 Å². The lowest BCUT2D eigenvalue weighted by Crippen LogP contribution is -2.57. The maximum atomic E-state index is 11.8. The number of carbonyl (C=O) groups excluding carboxylic acids is 2. The Bertz CT molecular complexity index is 959. The van der Waals surface area contributed by atoms with Gasteiger partial charge >= 0.3 is 42.4 Å². The van der Waals surface area contributed by atoms with Crippen LogP contribution in [0.25, 0.3) is 0 Å². The fourth-order valence-electron chi connectivity index (χ4n) is 2.38. The topological polar surface area (TPSA) is 398 Å². The molecular weight excluding hydrogens is 564 g/mol. The van der Waals surface area contributed by atoms with Crippen LogP contribution < -0.4 is 0 Å². The largest absolute Gasteiger partial charge is 0.734 e. The summed E-state index contributed by atoms with van der Waals surface area (Å²) in [5.74, 6) is -12.3. The fraction of sp³-hybridized carbons (Fsp3) is 0.818. The molecule has 0 unspecified atom stereocenters. The van der Waals surface area contributed by atoms with E-state index in [-0.39, 0.29) is 0 Å². The standard InChI is InChI=1S/C11H12N8O20/c20-7(38-5-10(14(26)27,15(28)29)16(30)31)1-3-9(12(22)23,13(24)25)4-2-8(21)39-6-11(17(32)33,18(34)35)19(36)37/h1-6H2. The SMILES string of the molecule is O=C(CCC(CCC(=O)OCC([N+](=O)[O-])([N+](=O)[O-])[N+](=O)[O-])([N+](=O)[O-])[N+](=O)[O-])OCC([N+](=O)[O-])([N+](=O)[O-])[N+](=O)[O-]. The predicted molar refractivity (Wildman–Crippen MR) is 105 cm³/mol. The van der Waals surface area contributed by atoms with Crippen molar-refractivity contribution in [2.45, 2.75) is 42.9 Å². The molecule has 28 nitrogen and oxygen atoms in total. The van der Waals surface area contributed by atoms with Crippen LogP contribution >= 0.6 is 0 Å². The molecule has 0 aromatic rings. The number of nitrogens with zero attached hydrogens (tertiary/aromatic N) is 8. The number of rotatable bonds is 18. The summed E-state index contributed by atoms with van der Waals surface area (Å²) >= 11 is 0. The third-order valence-electron chi connectivity index (χ3n) is 4.75. The molecule has 0 radical (unpaired) electrons. The van der Waals surface area contributed by atoms with E-state index in [0.29, 0.717) is 0 Å². The molecule has 0 atom stereocenters. The highest BCUT2D eigenvalue weighted by Crippen LogP contribution is 2.26. The Morgan fingerprint density at radius 1 is 0.462 bits per heavy atom. The maximum Gasteiger partial charge on any atom is 0.734 e. The predicted octanol–water partition coefficient (Wildman–Crippen LogP) is -2.15. The monoisotopic (exact) mass is 576 g/mol. The van der Waals surface area contributed by atoms with Crippen LogP contribution in [0.1, 0.15) is 25.7 Å². The molecule has 0 saturated heterocycles. The summed E-state index contributed by atoms with van der Waals surface area (Å²) in [6.45, 7) is -4.28. The summed E-state index contributed by atoms with van der Waals surface area (Å²) in [6, 6.07) is 0. The van der Waals surface area contributed by atoms with E-state index in [1.54, 1.807) is 0 Å². The van der Waals surface area contributed by atoms with Crippen molar-refractivity contribution in [3.8, 4) is 0 Å². The lowest BCUT2D eigenvalue weighted by Gasteiger charge is -2.17. The lowest BCUT2D eigenvalue weighted by atomic mass is 9.99. The fourth-order valence-corrected chi connectivity index (χ4v) is 2.38. The third-order valence-corrected chi connectivity index (χ3v) is 4.75. The van der Waals surface area contributed by atoms with Crippen LogP contribution in [0.3, 0.4) is 0 Å². The van der Waals surface area contributed by atoms with Gasteiger partial charge in [0.1, 0.15) is 0 Å². The Balaban J connectivity index is 5.61. The zero-order valence-electron chi connectivity index (χ0n) is 18.5. The Morgan fingerprint density at radius 2 is 0.692 bits per heavy atom. The molecule has 39 heavy (non-hydrogen) atoms. The Kier molecular flexibility index (Phi) is 10.5. The van der Waals surface area contributed by atoms with Gasteiger partial charge in [-0.1, -0.05) is 0 Å². The first-order chi connectivity index (χ1) is 17.7. The summed E-state index contributed by atoms with van der Waals surface area (Å²) in [6.07, 6.45) is -5.89. The summed E-state index contributed by atoms with van der Waals surface area (Å²) < 4.78 is 8.05. The summed E-state index contributed by atoms with van der Waals surface area (Å²) in [5.41, 5.74) is -3.49. The van der Waals surface area contributed by atoms with Gasteiger partial charge in [-0.2, -0.15) is 0 Å². The molecule has 0 heterocycles. The first kappa shape index (κ1) is 33.1. The molecule has 0 N–H and O–H groups in total. The number of hydrogen-bond acceptors (Lipinski definition) is 20. The molecule has 0 aromatic carbocycles. The van der Waals surface area contributed by atoms with Crippen LogP contribution in [0, 0.1) is 80.9 Å². The smallest absolute Gasteiger partial charge is 0.441 e. The Labute approximate surface area is 208 Å². The molecule has 28 heteroatoms. The first-order valence-electron chi connectivity index (χ1n) is 9.23. The maximum absolute atomic E-state index is 11.8. The van der Waals surface area contributed by atoms with Crippen LogP contribution in [0.15, 0.2) is 0 Å². The molecule has 0 amide bonds. The summed E-state index contributed by atoms with van der Waals surface area (Å²) in [5, 5.41) is 87.5. The molecule has 0 rings (SSSR count). The van der Waals surface area contributed by atoms with Crippen molar-refractivity contribution in [3.05, 3.63) is 80.9 Å². The minimum atomic E-state index is -4.28. The average Bonchev–Trinajstić information content (AvgIpc) is 2.78. The summed E-state index contributed by atoms with van der Waals surface area (Å²) in [4.78, 5) is 95.5. The molecule has 0 aromatic heterocycles. The van der Waals surface area contributed by atoms with Crippen molar-refractivity contribution in [1.82, 2.24) is 0 Å². The van der Waals surface area contributed by atoms with Gasteiger partial charge in [0, 0.05) is 0 Å². The van der Waals surface area contributed by atoms with Crippen molar-refractivity contribution in [1.29, 1.82) is 0 Å². The molecule has 0 fully saturated rings. The van der Waals surface area contributed by atoms with Crippen LogP contribution in [0.2, 0.25) is 0 Å². The number of hydrogen-bond donors (Lipinski definition) is 0. The van der Waals surface area contributed by atoms with Gasteiger partial charge in [-0.15, -0.1) is 0 Å². The van der Waals surface area contributed by atoms with Gasteiger partial charge in [-0.3, -0.25) is 90.5 Å². The van der Waals surface area contributed by atoms with Crippen molar-refractivity contribution in [3.63, 3.8) is 0 Å². The second-order valence-corrected chi connectivity index (χ2v) is 6.91. The molecule has 0 aliphatic carbocycles. The number of nitro groups is 8. The van der Waals surface area contributed by atoms with E-state index in [1.165, 1.54) is 0 Å². The van der Waals surface area contributed by atoms with Crippen molar-refractivity contribution < 1.29 is 58.4 Å². The van der Waals surface area contributed by atoms with Gasteiger partial charge < -0.3 is 9.47 Å². The lowest BCUT2D eigenvalue weighted by molar-refractivity contribution is -0.970. The quantitative estimate of drug-likeness (QED) is 0.0725. The van der Waals surface area contributed by atoms with Crippen molar-refractivity contribution >= 4 is 11.9 Å². The second kappa shape index (κ2) is 12.4. The van der Waals surface area contributed by atoms with Gasteiger partial charge in [0.2, 0.25) is 0 Å². The molecule has 0 saturated carbocycles. The highest BCUT2D eigenvalue weighted by molar-refractivity contribution is 5.70. The Morgan fingerprint density at radius 3 is 0.872 bits per heavy atom. The highest BCUT2D eigenvalue weighted by Gasteiger charge is 2.73. The number of esters is 2. The van der Waals surface area contributed by atoms with Gasteiger partial charge in [0.05, 0.1) is 35.5 Å². The Hall–Kier alpha value is -5.86. The van der Waals surface area contributed by atoms with E-state index < -0.39 is 107 Å². The molecule has 0 aliphatic rings. The normalized spacial score (nSPS) is 11.5. The third kappa shape index (κ3) is 6.67. The molecular formula is C11H12N8O20. The highest BCUT2D eigenvalue weighted by atomic mass is 16.8. The van der Waals surface area contributed by atoms with Crippen LogP contribution in [-0.4, -0.2) is 81.8 Å². The average molecular weight is 576 g/mol. The van der Waals surface area contributed by atoms with Crippen molar-refractivity contribution in [2.75, 3.05) is 13.2 Å². The van der Waals surface area contributed by atoms with Crippen LogP contribution in [-0.2, 0) is 19.1 Å². The van der Waals surface area contributed by atoms with E-state index in [0.717, 1.165) is 0 Å². The van der Waals surface area contributed by atoms with E-state index >= 15 is 0 Å². The zero-order chi connectivity index (χ0) is 30.9. The molecule has 216 valence electrons. The van der Waals surface area contributed by atoms with Crippen molar-refractivity contribution in [2.24, 2.45) is 0 Å². The minimum absolute atomic E-state index is 1.44. The molecule has 0 aliphatic heterocycles. The number of carbonyl (C=O) groups is 2.